The SMILES string of the molecule is CCCCC(C)c1nc2ccccc2n1C. The Morgan fingerprint density at radius 2 is 2.06 bits per heavy atom. The second-order valence-electron chi connectivity index (χ2n) is 4.56. The minimum Gasteiger partial charge on any atom is -0.331 e. The van der Waals surface area contributed by atoms with E-state index in [2.05, 4.69) is 49.7 Å². The molecule has 2 rings (SSSR count). The van der Waals surface area contributed by atoms with Crippen LogP contribution in [0.1, 0.15) is 44.9 Å². The Bertz CT molecular complexity index is 471. The number of aromatic nitrogens is 2. The Balaban J connectivity index is 2.33. The maximum absolute atomic E-state index is 4.73. The standard InChI is InChI=1S/C14H20N2/c1-4-5-8-11(2)14-15-12-9-6-7-10-13(12)16(14)3/h6-7,9-11H,4-5,8H2,1-3H3. The van der Waals surface area contributed by atoms with Crippen LogP contribution in [0.5, 0.6) is 0 Å². The van der Waals surface area contributed by atoms with Gasteiger partial charge in [0.25, 0.3) is 0 Å². The van der Waals surface area contributed by atoms with Gasteiger partial charge < -0.3 is 4.57 Å². The molecular formula is C14H20N2. The molecular weight excluding hydrogens is 196 g/mol. The molecule has 2 heteroatoms. The van der Waals surface area contributed by atoms with Crippen LogP contribution in [-0.4, -0.2) is 9.55 Å². The first kappa shape index (κ1) is 11.2. The molecule has 2 aromatic rings. The minimum atomic E-state index is 0.553. The van der Waals surface area contributed by atoms with Crippen LogP contribution in [0.4, 0.5) is 0 Å². The summed E-state index contributed by atoms with van der Waals surface area (Å²) in [6.07, 6.45) is 3.77. The number of hydrogen-bond donors (Lipinski definition) is 0. The number of unbranched alkanes of at least 4 members (excludes halogenated alkanes) is 1. The molecule has 1 unspecified atom stereocenters. The van der Waals surface area contributed by atoms with Crippen molar-refractivity contribution >= 4 is 11.0 Å². The van der Waals surface area contributed by atoms with E-state index in [1.807, 2.05) is 0 Å². The van der Waals surface area contributed by atoms with Gasteiger partial charge in [-0.05, 0) is 18.6 Å². The third-order valence-corrected chi connectivity index (χ3v) is 3.25. The molecule has 1 aromatic heterocycles. The Labute approximate surface area is 97.3 Å². The number of hydrogen-bond acceptors (Lipinski definition) is 1. The van der Waals surface area contributed by atoms with Crippen LogP contribution in [0.25, 0.3) is 11.0 Å². The van der Waals surface area contributed by atoms with Crippen molar-refractivity contribution in [2.75, 3.05) is 0 Å². The van der Waals surface area contributed by atoms with Crippen molar-refractivity contribution in [3.63, 3.8) is 0 Å². The smallest absolute Gasteiger partial charge is 0.112 e. The van der Waals surface area contributed by atoms with Crippen molar-refractivity contribution in [2.45, 2.75) is 39.0 Å². The molecule has 0 amide bonds. The summed E-state index contributed by atoms with van der Waals surface area (Å²) >= 11 is 0. The molecule has 0 aliphatic rings. The molecule has 2 nitrogen and oxygen atoms in total. The zero-order valence-electron chi connectivity index (χ0n) is 10.4. The van der Waals surface area contributed by atoms with Gasteiger partial charge in [-0.25, -0.2) is 4.98 Å². The highest BCUT2D eigenvalue weighted by Gasteiger charge is 2.13. The molecule has 1 atom stereocenters. The predicted molar refractivity (Wildman–Crippen MR) is 68.7 cm³/mol. The van der Waals surface area contributed by atoms with Crippen LogP contribution in [-0.2, 0) is 7.05 Å². The van der Waals surface area contributed by atoms with Crippen molar-refractivity contribution in [1.82, 2.24) is 9.55 Å². The van der Waals surface area contributed by atoms with Crippen LogP contribution in [0.3, 0.4) is 0 Å². The molecule has 0 saturated carbocycles. The fraction of sp³-hybridized carbons (Fsp3) is 0.500. The van der Waals surface area contributed by atoms with Gasteiger partial charge in [-0.2, -0.15) is 0 Å². The first-order chi connectivity index (χ1) is 7.74. The lowest BCUT2D eigenvalue weighted by Crippen LogP contribution is -2.03. The molecule has 0 fully saturated rings. The number of imidazole rings is 1. The van der Waals surface area contributed by atoms with Crippen LogP contribution in [0.15, 0.2) is 24.3 Å². The monoisotopic (exact) mass is 216 g/mol. The minimum absolute atomic E-state index is 0.553. The van der Waals surface area contributed by atoms with E-state index in [0.29, 0.717) is 5.92 Å². The first-order valence-electron chi connectivity index (χ1n) is 6.15. The maximum atomic E-state index is 4.73. The highest BCUT2D eigenvalue weighted by molar-refractivity contribution is 5.75. The molecule has 0 saturated heterocycles. The average Bonchev–Trinajstić information content (AvgIpc) is 2.64. The summed E-state index contributed by atoms with van der Waals surface area (Å²) in [5.74, 6) is 1.77. The summed E-state index contributed by atoms with van der Waals surface area (Å²) in [6.45, 7) is 4.51. The largest absolute Gasteiger partial charge is 0.331 e. The summed E-state index contributed by atoms with van der Waals surface area (Å²) in [5.41, 5.74) is 2.35. The summed E-state index contributed by atoms with van der Waals surface area (Å²) in [5, 5.41) is 0. The van der Waals surface area contributed by atoms with Crippen molar-refractivity contribution in [3.05, 3.63) is 30.1 Å². The van der Waals surface area contributed by atoms with E-state index in [-0.39, 0.29) is 0 Å². The highest BCUT2D eigenvalue weighted by Crippen LogP contribution is 2.24. The van der Waals surface area contributed by atoms with E-state index in [1.165, 1.54) is 30.6 Å². The summed E-state index contributed by atoms with van der Waals surface area (Å²) < 4.78 is 2.23. The summed E-state index contributed by atoms with van der Waals surface area (Å²) in [6, 6.07) is 8.35. The van der Waals surface area contributed by atoms with E-state index >= 15 is 0 Å². The van der Waals surface area contributed by atoms with Gasteiger partial charge in [0.05, 0.1) is 11.0 Å². The molecule has 16 heavy (non-hydrogen) atoms. The molecule has 0 radical (unpaired) electrons. The van der Waals surface area contributed by atoms with Gasteiger partial charge in [-0.1, -0.05) is 38.8 Å². The molecule has 1 aromatic carbocycles. The van der Waals surface area contributed by atoms with E-state index in [0.717, 1.165) is 5.52 Å². The first-order valence-corrected chi connectivity index (χ1v) is 6.15. The Kier molecular flexibility index (Phi) is 3.28. The number of rotatable bonds is 4. The van der Waals surface area contributed by atoms with Gasteiger partial charge in [0.2, 0.25) is 0 Å². The van der Waals surface area contributed by atoms with Crippen LogP contribution in [0, 0.1) is 0 Å². The number of aryl methyl sites for hydroxylation is 1. The lowest BCUT2D eigenvalue weighted by atomic mass is 10.0. The molecule has 0 aliphatic carbocycles. The molecule has 0 aliphatic heterocycles. The van der Waals surface area contributed by atoms with E-state index in [1.54, 1.807) is 0 Å². The predicted octanol–water partition coefficient (Wildman–Crippen LogP) is 3.87. The average molecular weight is 216 g/mol. The number of para-hydroxylation sites is 2. The third-order valence-electron chi connectivity index (χ3n) is 3.25. The number of benzene rings is 1. The van der Waals surface area contributed by atoms with Gasteiger partial charge >= 0.3 is 0 Å². The molecule has 1 heterocycles. The van der Waals surface area contributed by atoms with E-state index < -0.39 is 0 Å². The van der Waals surface area contributed by atoms with E-state index in [4.69, 9.17) is 4.98 Å². The maximum Gasteiger partial charge on any atom is 0.112 e. The van der Waals surface area contributed by atoms with Gasteiger partial charge in [-0.15, -0.1) is 0 Å². The number of fused-ring (bicyclic) bond motifs is 1. The van der Waals surface area contributed by atoms with Crippen molar-refractivity contribution in [2.24, 2.45) is 7.05 Å². The normalized spacial score (nSPS) is 13.2. The zero-order chi connectivity index (χ0) is 11.5. The van der Waals surface area contributed by atoms with Crippen LogP contribution in [0.2, 0.25) is 0 Å². The topological polar surface area (TPSA) is 17.8 Å². The lowest BCUT2D eigenvalue weighted by molar-refractivity contribution is 0.580. The van der Waals surface area contributed by atoms with Crippen molar-refractivity contribution < 1.29 is 0 Å². The fourth-order valence-electron chi connectivity index (χ4n) is 2.24. The van der Waals surface area contributed by atoms with Crippen LogP contribution >= 0.6 is 0 Å². The molecule has 0 bridgehead atoms. The third kappa shape index (κ3) is 1.97. The number of nitrogens with zero attached hydrogens (tertiary/aromatic N) is 2. The Morgan fingerprint density at radius 3 is 2.75 bits per heavy atom. The van der Waals surface area contributed by atoms with Crippen molar-refractivity contribution in [1.29, 1.82) is 0 Å². The van der Waals surface area contributed by atoms with E-state index in [9.17, 15) is 0 Å². The highest BCUT2D eigenvalue weighted by atomic mass is 15.1. The van der Waals surface area contributed by atoms with Crippen LogP contribution < -0.4 is 0 Å². The summed E-state index contributed by atoms with van der Waals surface area (Å²) in [4.78, 5) is 4.73. The van der Waals surface area contributed by atoms with Gasteiger partial charge in [0, 0.05) is 13.0 Å². The second kappa shape index (κ2) is 4.69. The summed E-state index contributed by atoms with van der Waals surface area (Å²) in [7, 11) is 2.12. The quantitative estimate of drug-likeness (QED) is 0.758. The van der Waals surface area contributed by atoms with Gasteiger partial charge in [0.15, 0.2) is 0 Å². The second-order valence-corrected chi connectivity index (χ2v) is 4.56. The molecule has 0 N–H and O–H groups in total. The molecule has 86 valence electrons. The van der Waals surface area contributed by atoms with Crippen molar-refractivity contribution in [3.8, 4) is 0 Å². The zero-order valence-corrected chi connectivity index (χ0v) is 10.4. The fourth-order valence-corrected chi connectivity index (χ4v) is 2.24. The molecule has 0 spiro atoms. The Morgan fingerprint density at radius 1 is 1.31 bits per heavy atom. The lowest BCUT2D eigenvalue weighted by Gasteiger charge is -2.10. The van der Waals surface area contributed by atoms with Gasteiger partial charge in [-0.3, -0.25) is 0 Å². The van der Waals surface area contributed by atoms with Gasteiger partial charge in [0.1, 0.15) is 5.82 Å². The Hall–Kier alpha value is -1.31.